The Kier molecular flexibility index (Phi) is 4.96. The van der Waals surface area contributed by atoms with Gasteiger partial charge in [0.05, 0.1) is 6.54 Å². The van der Waals surface area contributed by atoms with Crippen LogP contribution in [0.25, 0.3) is 0 Å². The van der Waals surface area contributed by atoms with E-state index < -0.39 is 0 Å². The molecule has 0 aliphatic carbocycles. The topological polar surface area (TPSA) is 38.5 Å². The summed E-state index contributed by atoms with van der Waals surface area (Å²) in [5, 5.41) is 0. The summed E-state index contributed by atoms with van der Waals surface area (Å²) >= 11 is 0. The highest BCUT2D eigenvalue weighted by atomic mass is 19.1. The second kappa shape index (κ2) is 6.91. The number of nitrogens with zero attached hydrogens (tertiary/aromatic N) is 1. The summed E-state index contributed by atoms with van der Waals surface area (Å²) in [6.07, 6.45) is 0. The molecular weight excluding hydrogens is 255 g/mol. The van der Waals surface area contributed by atoms with E-state index in [0.717, 1.165) is 23.5 Å². The second-order valence-electron chi connectivity index (χ2n) is 4.59. The summed E-state index contributed by atoms with van der Waals surface area (Å²) in [4.78, 5) is 2.02. The molecule has 4 heteroatoms. The molecule has 0 aliphatic rings. The number of halogens is 1. The fourth-order valence-corrected chi connectivity index (χ4v) is 1.85. The van der Waals surface area contributed by atoms with Gasteiger partial charge < -0.3 is 15.4 Å². The molecule has 0 aromatic heterocycles. The average molecular weight is 274 g/mol. The maximum Gasteiger partial charge on any atom is 0.123 e. The van der Waals surface area contributed by atoms with Gasteiger partial charge in [0.2, 0.25) is 0 Å². The van der Waals surface area contributed by atoms with Crippen molar-refractivity contribution in [3.05, 3.63) is 59.9 Å². The van der Waals surface area contributed by atoms with Crippen molar-refractivity contribution in [3.8, 4) is 5.75 Å². The van der Waals surface area contributed by atoms with Gasteiger partial charge in [-0.25, -0.2) is 4.39 Å². The van der Waals surface area contributed by atoms with Gasteiger partial charge in [-0.2, -0.15) is 0 Å². The van der Waals surface area contributed by atoms with E-state index in [4.69, 9.17) is 10.5 Å². The van der Waals surface area contributed by atoms with Gasteiger partial charge in [-0.1, -0.05) is 12.1 Å². The Morgan fingerprint density at radius 1 is 1.05 bits per heavy atom. The van der Waals surface area contributed by atoms with Crippen LogP contribution in [0.3, 0.4) is 0 Å². The second-order valence-corrected chi connectivity index (χ2v) is 4.59. The highest BCUT2D eigenvalue weighted by Gasteiger charge is 2.01. The first-order valence-electron chi connectivity index (χ1n) is 6.57. The standard InChI is InChI=1S/C16H19FN2O/c1-19(15-6-4-14(17)5-7-15)10-11-20-16-8-2-13(12-18)3-9-16/h2-9H,10-12,18H2,1H3. The van der Waals surface area contributed by atoms with Crippen LogP contribution in [-0.2, 0) is 6.54 Å². The van der Waals surface area contributed by atoms with Crippen LogP contribution in [0, 0.1) is 5.82 Å². The molecule has 0 aliphatic heterocycles. The zero-order chi connectivity index (χ0) is 14.4. The van der Waals surface area contributed by atoms with Crippen LogP contribution in [0.2, 0.25) is 0 Å². The lowest BCUT2D eigenvalue weighted by Crippen LogP contribution is -2.23. The van der Waals surface area contributed by atoms with Gasteiger partial charge in [-0.15, -0.1) is 0 Å². The molecule has 2 aromatic rings. The van der Waals surface area contributed by atoms with E-state index in [-0.39, 0.29) is 5.82 Å². The van der Waals surface area contributed by atoms with Crippen molar-refractivity contribution in [2.24, 2.45) is 5.73 Å². The minimum absolute atomic E-state index is 0.224. The van der Waals surface area contributed by atoms with Gasteiger partial charge in [0.1, 0.15) is 18.2 Å². The SMILES string of the molecule is CN(CCOc1ccc(CN)cc1)c1ccc(F)cc1. The first kappa shape index (κ1) is 14.3. The summed E-state index contributed by atoms with van der Waals surface area (Å²) in [5.74, 6) is 0.605. The van der Waals surface area contributed by atoms with Crippen molar-refractivity contribution in [1.29, 1.82) is 0 Å². The minimum atomic E-state index is -0.224. The molecule has 0 spiro atoms. The van der Waals surface area contributed by atoms with Crippen LogP contribution in [0.5, 0.6) is 5.75 Å². The van der Waals surface area contributed by atoms with Crippen molar-refractivity contribution < 1.29 is 9.13 Å². The van der Waals surface area contributed by atoms with Crippen LogP contribution in [0.15, 0.2) is 48.5 Å². The van der Waals surface area contributed by atoms with E-state index >= 15 is 0 Å². The largest absolute Gasteiger partial charge is 0.492 e. The van der Waals surface area contributed by atoms with Crippen LogP contribution in [0.1, 0.15) is 5.56 Å². The number of anilines is 1. The van der Waals surface area contributed by atoms with Crippen LogP contribution in [0.4, 0.5) is 10.1 Å². The molecule has 106 valence electrons. The van der Waals surface area contributed by atoms with Gasteiger partial charge in [0, 0.05) is 19.3 Å². The van der Waals surface area contributed by atoms with Gasteiger partial charge >= 0.3 is 0 Å². The quantitative estimate of drug-likeness (QED) is 0.880. The third-order valence-electron chi connectivity index (χ3n) is 3.12. The van der Waals surface area contributed by atoms with E-state index in [9.17, 15) is 4.39 Å². The molecule has 0 saturated carbocycles. The third-order valence-corrected chi connectivity index (χ3v) is 3.12. The highest BCUT2D eigenvalue weighted by Crippen LogP contribution is 2.14. The van der Waals surface area contributed by atoms with Gasteiger partial charge in [-0.3, -0.25) is 0 Å². The Morgan fingerprint density at radius 2 is 1.70 bits per heavy atom. The van der Waals surface area contributed by atoms with Crippen molar-refractivity contribution in [3.63, 3.8) is 0 Å². The zero-order valence-electron chi connectivity index (χ0n) is 11.6. The maximum absolute atomic E-state index is 12.8. The molecule has 0 bridgehead atoms. The lowest BCUT2D eigenvalue weighted by molar-refractivity contribution is 0.326. The molecule has 3 nitrogen and oxygen atoms in total. The Morgan fingerprint density at radius 3 is 2.30 bits per heavy atom. The highest BCUT2D eigenvalue weighted by molar-refractivity contribution is 5.45. The Hall–Kier alpha value is -2.07. The Bertz CT molecular complexity index is 525. The van der Waals surface area contributed by atoms with E-state index in [1.54, 1.807) is 12.1 Å². The Balaban J connectivity index is 1.81. The maximum atomic E-state index is 12.8. The lowest BCUT2D eigenvalue weighted by Gasteiger charge is -2.19. The molecule has 0 radical (unpaired) electrons. The molecule has 0 atom stereocenters. The number of rotatable bonds is 6. The predicted molar refractivity (Wildman–Crippen MR) is 79.5 cm³/mol. The van der Waals surface area contributed by atoms with Gasteiger partial charge in [0.25, 0.3) is 0 Å². The lowest BCUT2D eigenvalue weighted by atomic mass is 10.2. The van der Waals surface area contributed by atoms with Crippen molar-refractivity contribution in [2.75, 3.05) is 25.1 Å². The fourth-order valence-electron chi connectivity index (χ4n) is 1.85. The fraction of sp³-hybridized carbons (Fsp3) is 0.250. The monoisotopic (exact) mass is 274 g/mol. The summed E-state index contributed by atoms with van der Waals surface area (Å²) in [5.41, 5.74) is 7.59. The molecule has 2 rings (SSSR count). The molecule has 2 aromatic carbocycles. The molecule has 20 heavy (non-hydrogen) atoms. The van der Waals surface area contributed by atoms with E-state index in [1.807, 2.05) is 36.2 Å². The van der Waals surface area contributed by atoms with Crippen molar-refractivity contribution in [2.45, 2.75) is 6.54 Å². The first-order valence-corrected chi connectivity index (χ1v) is 6.57. The minimum Gasteiger partial charge on any atom is -0.492 e. The van der Waals surface area contributed by atoms with Crippen molar-refractivity contribution >= 4 is 5.69 Å². The van der Waals surface area contributed by atoms with Gasteiger partial charge in [-0.05, 0) is 42.0 Å². The number of nitrogens with two attached hydrogens (primary N) is 1. The Labute approximate surface area is 118 Å². The molecular formula is C16H19FN2O. The molecule has 0 saturated heterocycles. The molecule has 0 heterocycles. The van der Waals surface area contributed by atoms with E-state index in [2.05, 4.69) is 0 Å². The smallest absolute Gasteiger partial charge is 0.123 e. The normalized spacial score (nSPS) is 10.3. The number of hydrogen-bond acceptors (Lipinski definition) is 3. The van der Waals surface area contributed by atoms with Crippen molar-refractivity contribution in [1.82, 2.24) is 0 Å². The van der Waals surface area contributed by atoms with Crippen LogP contribution < -0.4 is 15.4 Å². The molecule has 0 fully saturated rings. The molecule has 2 N–H and O–H groups in total. The average Bonchev–Trinajstić information content (AvgIpc) is 2.48. The number of ether oxygens (including phenoxy) is 1. The zero-order valence-corrected chi connectivity index (χ0v) is 11.6. The number of hydrogen-bond donors (Lipinski definition) is 1. The molecule has 0 amide bonds. The third kappa shape index (κ3) is 3.96. The summed E-state index contributed by atoms with van der Waals surface area (Å²) < 4.78 is 18.5. The van der Waals surface area contributed by atoms with Crippen LogP contribution in [-0.4, -0.2) is 20.2 Å². The summed E-state index contributed by atoms with van der Waals surface area (Å²) in [7, 11) is 1.95. The first-order chi connectivity index (χ1) is 9.69. The number of likely N-dealkylation sites (N-methyl/N-ethyl adjacent to an activating group) is 1. The van der Waals surface area contributed by atoms with E-state index in [1.165, 1.54) is 12.1 Å². The summed E-state index contributed by atoms with van der Waals surface area (Å²) in [6.45, 7) is 1.83. The van der Waals surface area contributed by atoms with Crippen LogP contribution >= 0.6 is 0 Å². The van der Waals surface area contributed by atoms with Gasteiger partial charge in [0.15, 0.2) is 0 Å². The summed E-state index contributed by atoms with van der Waals surface area (Å²) in [6, 6.07) is 14.2. The number of benzene rings is 2. The van der Waals surface area contributed by atoms with E-state index in [0.29, 0.717) is 13.2 Å². The molecule has 0 unspecified atom stereocenters. The predicted octanol–water partition coefficient (Wildman–Crippen LogP) is 2.80.